The summed E-state index contributed by atoms with van der Waals surface area (Å²) in [6.07, 6.45) is -1.50. The zero-order chi connectivity index (χ0) is 16.3. The van der Waals surface area contributed by atoms with Crippen LogP contribution in [0.2, 0.25) is 5.02 Å². The molecule has 0 aliphatic rings. The fourth-order valence-corrected chi connectivity index (χ4v) is 2.19. The van der Waals surface area contributed by atoms with Gasteiger partial charge >= 0.3 is 6.18 Å². The second-order valence-corrected chi connectivity index (χ2v) is 5.13. The molecule has 0 aromatic carbocycles. The Hall–Kier alpha value is -2.02. The van der Waals surface area contributed by atoms with Gasteiger partial charge in [0.25, 0.3) is 5.91 Å². The van der Waals surface area contributed by atoms with Gasteiger partial charge in [0, 0.05) is 38.1 Å². The van der Waals surface area contributed by atoms with Gasteiger partial charge in [-0.15, -0.1) is 0 Å². The van der Waals surface area contributed by atoms with Crippen molar-refractivity contribution in [1.82, 2.24) is 14.9 Å². The highest BCUT2D eigenvalue weighted by atomic mass is 35.5. The summed E-state index contributed by atoms with van der Waals surface area (Å²) in [6, 6.07) is 3.40. The molecule has 8 heteroatoms. The molecule has 0 spiro atoms. The van der Waals surface area contributed by atoms with E-state index in [1.165, 1.54) is 6.07 Å². The van der Waals surface area contributed by atoms with Gasteiger partial charge in [-0.1, -0.05) is 11.6 Å². The lowest BCUT2D eigenvalue weighted by Gasteiger charge is -2.09. The van der Waals surface area contributed by atoms with Crippen LogP contribution >= 0.6 is 11.6 Å². The number of nitrogens with one attached hydrogen (secondary N) is 1. The molecule has 0 aliphatic heterocycles. The average molecular weight is 332 g/mol. The molecular formula is C14H13ClF3N3O. The Kier molecular flexibility index (Phi) is 4.75. The Morgan fingerprint density at radius 3 is 2.73 bits per heavy atom. The van der Waals surface area contributed by atoms with Crippen molar-refractivity contribution in [1.29, 1.82) is 0 Å². The number of nitrogens with zero attached hydrogens (tertiary/aromatic N) is 2. The Labute approximate surface area is 129 Å². The predicted octanol–water partition coefficient (Wildman–Crippen LogP) is 3.06. The van der Waals surface area contributed by atoms with Crippen LogP contribution < -0.4 is 5.32 Å². The number of carbonyl (C=O) groups is 1. The SMILES string of the molecule is Cn1cc(Cl)cc1C(=O)NCCc1cc(C(F)(F)F)ccn1. The van der Waals surface area contributed by atoms with Gasteiger partial charge < -0.3 is 9.88 Å². The number of aryl methyl sites for hydroxylation is 1. The van der Waals surface area contributed by atoms with Crippen LogP contribution in [-0.2, 0) is 19.6 Å². The number of alkyl halides is 3. The average Bonchev–Trinajstić information content (AvgIpc) is 2.77. The fourth-order valence-electron chi connectivity index (χ4n) is 1.94. The lowest BCUT2D eigenvalue weighted by atomic mass is 10.2. The number of aromatic nitrogens is 2. The summed E-state index contributed by atoms with van der Waals surface area (Å²) in [5, 5.41) is 3.06. The summed E-state index contributed by atoms with van der Waals surface area (Å²) >= 11 is 5.78. The highest BCUT2D eigenvalue weighted by Gasteiger charge is 2.30. The third-order valence-corrected chi connectivity index (χ3v) is 3.22. The van der Waals surface area contributed by atoms with Crippen molar-refractivity contribution in [2.45, 2.75) is 12.6 Å². The highest BCUT2D eigenvalue weighted by Crippen LogP contribution is 2.28. The number of rotatable bonds is 4. The van der Waals surface area contributed by atoms with Crippen LogP contribution in [-0.4, -0.2) is 22.0 Å². The van der Waals surface area contributed by atoms with E-state index in [2.05, 4.69) is 10.3 Å². The molecule has 2 aromatic heterocycles. The first-order valence-corrected chi connectivity index (χ1v) is 6.77. The summed E-state index contributed by atoms with van der Waals surface area (Å²) in [6.45, 7) is 0.177. The Morgan fingerprint density at radius 1 is 1.41 bits per heavy atom. The molecule has 118 valence electrons. The summed E-state index contributed by atoms with van der Waals surface area (Å²) in [5.41, 5.74) is -0.111. The first-order valence-electron chi connectivity index (χ1n) is 6.39. The van der Waals surface area contributed by atoms with Crippen molar-refractivity contribution in [3.8, 4) is 0 Å². The van der Waals surface area contributed by atoms with Crippen molar-refractivity contribution >= 4 is 17.5 Å². The second kappa shape index (κ2) is 6.39. The van der Waals surface area contributed by atoms with Crippen molar-refractivity contribution < 1.29 is 18.0 Å². The van der Waals surface area contributed by atoms with E-state index in [-0.39, 0.29) is 24.6 Å². The maximum Gasteiger partial charge on any atom is 0.416 e. The van der Waals surface area contributed by atoms with Crippen LogP contribution in [0, 0.1) is 0 Å². The number of halogens is 4. The van der Waals surface area contributed by atoms with Gasteiger partial charge in [-0.05, 0) is 18.2 Å². The molecule has 0 aliphatic carbocycles. The molecule has 4 nitrogen and oxygen atoms in total. The van der Waals surface area contributed by atoms with E-state index in [1.54, 1.807) is 17.8 Å². The summed E-state index contributed by atoms with van der Waals surface area (Å²) < 4.78 is 39.3. The second-order valence-electron chi connectivity index (χ2n) is 4.69. The molecule has 0 saturated heterocycles. The first-order chi connectivity index (χ1) is 10.3. The molecule has 0 saturated carbocycles. The van der Waals surface area contributed by atoms with Crippen molar-refractivity contribution in [3.63, 3.8) is 0 Å². The predicted molar refractivity (Wildman–Crippen MR) is 75.7 cm³/mol. The zero-order valence-corrected chi connectivity index (χ0v) is 12.4. The van der Waals surface area contributed by atoms with Crippen LogP contribution in [0.1, 0.15) is 21.7 Å². The van der Waals surface area contributed by atoms with Crippen LogP contribution in [0.5, 0.6) is 0 Å². The molecule has 1 amide bonds. The van der Waals surface area contributed by atoms with Crippen LogP contribution in [0.15, 0.2) is 30.6 Å². The number of hydrogen-bond acceptors (Lipinski definition) is 2. The fraction of sp³-hybridized carbons (Fsp3) is 0.286. The Balaban J connectivity index is 1.94. The van der Waals surface area contributed by atoms with Crippen LogP contribution in [0.25, 0.3) is 0 Å². The summed E-state index contributed by atoms with van der Waals surface area (Å²) in [5.74, 6) is -0.346. The monoisotopic (exact) mass is 331 g/mol. The van der Waals surface area contributed by atoms with Gasteiger partial charge in [0.05, 0.1) is 10.6 Å². The maximum absolute atomic E-state index is 12.6. The molecule has 0 atom stereocenters. The van der Waals surface area contributed by atoms with Crippen molar-refractivity contribution in [3.05, 3.63) is 52.6 Å². The molecular weight excluding hydrogens is 319 g/mol. The quantitative estimate of drug-likeness (QED) is 0.936. The molecule has 0 radical (unpaired) electrons. The number of carbonyl (C=O) groups excluding carboxylic acids is 1. The topological polar surface area (TPSA) is 46.9 Å². The molecule has 0 fully saturated rings. The standard InChI is InChI=1S/C14H13ClF3N3O/c1-21-8-10(15)7-12(21)13(22)20-5-3-11-6-9(2-4-19-11)14(16,17)18/h2,4,6-8H,3,5H2,1H3,(H,20,22). The van der Waals surface area contributed by atoms with E-state index in [1.807, 2.05) is 0 Å². The van der Waals surface area contributed by atoms with Crippen molar-refractivity contribution in [2.24, 2.45) is 7.05 Å². The normalized spacial score (nSPS) is 11.5. The number of pyridine rings is 1. The largest absolute Gasteiger partial charge is 0.416 e. The van der Waals surface area contributed by atoms with Gasteiger partial charge in [-0.25, -0.2) is 0 Å². The van der Waals surface area contributed by atoms with Gasteiger partial charge in [0.15, 0.2) is 0 Å². The minimum absolute atomic E-state index is 0.177. The molecule has 2 heterocycles. The van der Waals surface area contributed by atoms with Gasteiger partial charge in [-0.2, -0.15) is 13.2 Å². The molecule has 22 heavy (non-hydrogen) atoms. The first kappa shape index (κ1) is 16.4. The number of hydrogen-bond donors (Lipinski definition) is 1. The maximum atomic E-state index is 12.6. The molecule has 2 aromatic rings. The van der Waals surface area contributed by atoms with Gasteiger partial charge in [0.1, 0.15) is 5.69 Å². The van der Waals surface area contributed by atoms with Crippen LogP contribution in [0.4, 0.5) is 13.2 Å². The van der Waals surface area contributed by atoms with E-state index >= 15 is 0 Å². The van der Waals surface area contributed by atoms with Gasteiger partial charge in [0.2, 0.25) is 0 Å². The molecule has 1 N–H and O–H groups in total. The third kappa shape index (κ3) is 4.00. The third-order valence-electron chi connectivity index (χ3n) is 3.01. The van der Waals surface area contributed by atoms with Gasteiger partial charge in [-0.3, -0.25) is 9.78 Å². The van der Waals surface area contributed by atoms with E-state index < -0.39 is 11.7 Å². The van der Waals surface area contributed by atoms with E-state index in [0.29, 0.717) is 10.7 Å². The minimum atomic E-state index is -4.40. The Bertz CT molecular complexity index is 682. The zero-order valence-electron chi connectivity index (χ0n) is 11.6. The molecule has 0 bridgehead atoms. The van der Waals surface area contributed by atoms with E-state index in [9.17, 15) is 18.0 Å². The van der Waals surface area contributed by atoms with Crippen LogP contribution in [0.3, 0.4) is 0 Å². The smallest absolute Gasteiger partial charge is 0.350 e. The number of amides is 1. The lowest BCUT2D eigenvalue weighted by molar-refractivity contribution is -0.137. The summed E-state index contributed by atoms with van der Waals surface area (Å²) in [7, 11) is 1.68. The molecule has 2 rings (SSSR count). The van der Waals surface area contributed by atoms with E-state index in [4.69, 9.17) is 11.6 Å². The Morgan fingerprint density at radius 2 is 2.14 bits per heavy atom. The van der Waals surface area contributed by atoms with E-state index in [0.717, 1.165) is 18.3 Å². The minimum Gasteiger partial charge on any atom is -0.350 e. The highest BCUT2D eigenvalue weighted by molar-refractivity contribution is 6.31. The van der Waals surface area contributed by atoms with Crippen molar-refractivity contribution in [2.75, 3.05) is 6.54 Å². The summed E-state index contributed by atoms with van der Waals surface area (Å²) in [4.78, 5) is 15.8. The lowest BCUT2D eigenvalue weighted by Crippen LogP contribution is -2.27. The molecule has 0 unspecified atom stereocenters.